The van der Waals surface area contributed by atoms with Gasteiger partial charge in [-0.05, 0) is 66.7 Å². The Morgan fingerprint density at radius 1 is 0.971 bits per heavy atom. The predicted molar refractivity (Wildman–Crippen MR) is 134 cm³/mol. The van der Waals surface area contributed by atoms with Crippen molar-refractivity contribution in [1.82, 2.24) is 14.8 Å². The molecule has 2 aromatic carbocycles. The van der Waals surface area contributed by atoms with Crippen LogP contribution in [0.2, 0.25) is 0 Å². The molecule has 3 saturated heterocycles. The molecular formula is C29H33N3O2. The Morgan fingerprint density at radius 2 is 1.76 bits per heavy atom. The number of pyridine rings is 1. The first-order chi connectivity index (χ1) is 16.7. The Bertz CT molecular complexity index is 1160. The highest BCUT2D eigenvalue weighted by atomic mass is 16.5. The number of hydrogen-bond acceptors (Lipinski definition) is 4. The molecule has 3 aromatic rings. The van der Waals surface area contributed by atoms with Gasteiger partial charge in [0.2, 0.25) is 0 Å². The van der Waals surface area contributed by atoms with Crippen LogP contribution in [-0.2, 0) is 17.7 Å². The number of carbonyl (C=O) groups is 1. The molecule has 176 valence electrons. The highest BCUT2D eigenvalue weighted by molar-refractivity contribution is 5.96. The summed E-state index contributed by atoms with van der Waals surface area (Å²) < 4.78 is 5.50. The Morgan fingerprint density at radius 3 is 2.59 bits per heavy atom. The number of hydrogen-bond donors (Lipinski definition) is 0. The van der Waals surface area contributed by atoms with E-state index in [1.54, 1.807) is 0 Å². The quantitative estimate of drug-likeness (QED) is 0.560. The third kappa shape index (κ3) is 4.35. The van der Waals surface area contributed by atoms with Gasteiger partial charge in [-0.2, -0.15) is 0 Å². The molecule has 0 spiro atoms. The van der Waals surface area contributed by atoms with E-state index in [2.05, 4.69) is 51.2 Å². The lowest BCUT2D eigenvalue weighted by Gasteiger charge is -2.39. The number of amides is 1. The number of aromatic nitrogens is 1. The molecule has 0 aliphatic carbocycles. The zero-order valence-corrected chi connectivity index (χ0v) is 19.7. The van der Waals surface area contributed by atoms with Crippen molar-refractivity contribution in [2.75, 3.05) is 26.3 Å². The summed E-state index contributed by atoms with van der Waals surface area (Å²) in [5.74, 6) is 0.887. The van der Waals surface area contributed by atoms with Gasteiger partial charge in [0.25, 0.3) is 5.91 Å². The fraction of sp³-hybridized carbons (Fsp3) is 0.448. The summed E-state index contributed by atoms with van der Waals surface area (Å²) in [5.41, 5.74) is 3.45. The zero-order chi connectivity index (χ0) is 22.9. The summed E-state index contributed by atoms with van der Waals surface area (Å²) in [6.07, 6.45) is 9.41. The maximum Gasteiger partial charge on any atom is 0.254 e. The minimum atomic E-state index is 0.244. The molecule has 5 nitrogen and oxygen atoms in total. The van der Waals surface area contributed by atoms with E-state index in [9.17, 15) is 4.79 Å². The average molecular weight is 456 g/mol. The third-order valence-corrected chi connectivity index (χ3v) is 8.04. The van der Waals surface area contributed by atoms with Crippen LogP contribution in [0.5, 0.6) is 0 Å². The van der Waals surface area contributed by atoms with E-state index < -0.39 is 0 Å². The van der Waals surface area contributed by atoms with Crippen LogP contribution in [0.25, 0.3) is 10.8 Å². The van der Waals surface area contributed by atoms with E-state index in [1.807, 2.05) is 24.5 Å². The van der Waals surface area contributed by atoms with Crippen molar-refractivity contribution in [3.8, 4) is 0 Å². The molecule has 6 rings (SSSR count). The average Bonchev–Trinajstić information content (AvgIpc) is 3.14. The first-order valence-corrected chi connectivity index (χ1v) is 12.8. The lowest BCUT2D eigenvalue weighted by Crippen LogP contribution is -2.47. The maximum absolute atomic E-state index is 13.8. The fourth-order valence-corrected chi connectivity index (χ4v) is 6.39. The molecule has 4 heterocycles. The van der Waals surface area contributed by atoms with Crippen LogP contribution >= 0.6 is 0 Å². The first-order valence-electron chi connectivity index (χ1n) is 12.8. The number of nitrogens with zero attached hydrogens (tertiary/aromatic N) is 3. The maximum atomic E-state index is 13.8. The minimum Gasteiger partial charge on any atom is -0.379 e. The molecule has 2 bridgehead atoms. The lowest BCUT2D eigenvalue weighted by atomic mass is 9.85. The number of morpholine rings is 1. The van der Waals surface area contributed by atoms with Gasteiger partial charge < -0.3 is 9.64 Å². The molecule has 5 heteroatoms. The van der Waals surface area contributed by atoms with Crippen LogP contribution in [0, 0.1) is 5.92 Å². The smallest absolute Gasteiger partial charge is 0.254 e. The molecule has 0 radical (unpaired) electrons. The molecule has 34 heavy (non-hydrogen) atoms. The zero-order valence-electron chi connectivity index (χ0n) is 19.7. The van der Waals surface area contributed by atoms with E-state index in [0.29, 0.717) is 18.0 Å². The van der Waals surface area contributed by atoms with Crippen molar-refractivity contribution in [2.45, 2.75) is 50.7 Å². The topological polar surface area (TPSA) is 45.7 Å². The SMILES string of the molecule is O=C(c1ccccc1CN1CCOCC1)N1[C@H]2CC[C@H]1CC(Cc1ccc3cnccc3c1)C2. The van der Waals surface area contributed by atoms with Gasteiger partial charge in [-0.1, -0.05) is 36.4 Å². The summed E-state index contributed by atoms with van der Waals surface area (Å²) in [6.45, 7) is 4.26. The van der Waals surface area contributed by atoms with E-state index >= 15 is 0 Å². The second-order valence-electron chi connectivity index (χ2n) is 10.2. The molecule has 1 aromatic heterocycles. The Labute approximate surface area is 201 Å². The minimum absolute atomic E-state index is 0.244. The number of benzene rings is 2. The van der Waals surface area contributed by atoms with Crippen molar-refractivity contribution in [3.05, 3.63) is 77.6 Å². The van der Waals surface area contributed by atoms with Gasteiger partial charge in [0.15, 0.2) is 0 Å². The highest BCUT2D eigenvalue weighted by Gasteiger charge is 2.43. The van der Waals surface area contributed by atoms with Crippen LogP contribution in [0.4, 0.5) is 0 Å². The predicted octanol–water partition coefficient (Wildman–Crippen LogP) is 4.69. The molecular weight excluding hydrogens is 422 g/mol. The Balaban J connectivity index is 1.16. The van der Waals surface area contributed by atoms with Crippen molar-refractivity contribution in [3.63, 3.8) is 0 Å². The summed E-state index contributed by atoms with van der Waals surface area (Å²) >= 11 is 0. The summed E-state index contributed by atoms with van der Waals surface area (Å²) in [5, 5.41) is 2.46. The molecule has 3 aliphatic rings. The summed E-state index contributed by atoms with van der Waals surface area (Å²) in [6, 6.07) is 17.8. The molecule has 3 fully saturated rings. The normalized spacial score (nSPS) is 25.1. The highest BCUT2D eigenvalue weighted by Crippen LogP contribution is 2.41. The molecule has 0 unspecified atom stereocenters. The van der Waals surface area contributed by atoms with Crippen LogP contribution in [0.15, 0.2) is 60.9 Å². The molecule has 2 atom stereocenters. The number of piperidine rings is 1. The van der Waals surface area contributed by atoms with E-state index in [4.69, 9.17) is 4.74 Å². The van der Waals surface area contributed by atoms with Gasteiger partial charge in [0.1, 0.15) is 0 Å². The second-order valence-corrected chi connectivity index (χ2v) is 10.2. The Kier molecular flexibility index (Phi) is 6.06. The van der Waals surface area contributed by atoms with E-state index in [1.165, 1.54) is 16.3 Å². The third-order valence-electron chi connectivity index (χ3n) is 8.04. The van der Waals surface area contributed by atoms with Crippen molar-refractivity contribution in [2.24, 2.45) is 5.92 Å². The number of ether oxygens (including phenoxy) is 1. The number of carbonyl (C=O) groups excluding carboxylic acids is 1. The molecule has 0 saturated carbocycles. The number of fused-ring (bicyclic) bond motifs is 3. The lowest BCUT2D eigenvalue weighted by molar-refractivity contribution is 0.0337. The van der Waals surface area contributed by atoms with E-state index in [0.717, 1.165) is 76.1 Å². The standard InChI is InChI=1S/C29H33N3O2/c33-29(28-4-2-1-3-25(28)20-31-11-13-34-14-12-31)32-26-7-8-27(32)18-22(17-26)15-21-5-6-24-19-30-10-9-23(24)16-21/h1-6,9-10,16,19,22,26-27H,7-8,11-15,17-18,20H2/t26-,27-/m0/s1. The molecule has 3 aliphatic heterocycles. The molecule has 1 amide bonds. The van der Waals surface area contributed by atoms with Crippen molar-refractivity contribution >= 4 is 16.7 Å². The first kappa shape index (κ1) is 21.8. The van der Waals surface area contributed by atoms with Crippen molar-refractivity contribution < 1.29 is 9.53 Å². The van der Waals surface area contributed by atoms with Crippen LogP contribution in [-0.4, -0.2) is 59.1 Å². The van der Waals surface area contributed by atoms with Crippen LogP contribution in [0.1, 0.15) is 47.2 Å². The largest absolute Gasteiger partial charge is 0.379 e. The van der Waals surface area contributed by atoms with Gasteiger partial charge in [-0.3, -0.25) is 14.7 Å². The fourth-order valence-electron chi connectivity index (χ4n) is 6.39. The number of rotatable bonds is 5. The van der Waals surface area contributed by atoms with Gasteiger partial charge in [-0.15, -0.1) is 0 Å². The second kappa shape index (κ2) is 9.47. The van der Waals surface area contributed by atoms with Crippen LogP contribution < -0.4 is 0 Å². The Hall–Kier alpha value is -2.76. The summed E-state index contributed by atoms with van der Waals surface area (Å²) in [7, 11) is 0. The van der Waals surface area contributed by atoms with Crippen LogP contribution in [0.3, 0.4) is 0 Å². The van der Waals surface area contributed by atoms with E-state index in [-0.39, 0.29) is 5.91 Å². The van der Waals surface area contributed by atoms with Gasteiger partial charge in [0, 0.05) is 55.1 Å². The van der Waals surface area contributed by atoms with Gasteiger partial charge >= 0.3 is 0 Å². The van der Waals surface area contributed by atoms with Gasteiger partial charge in [0.05, 0.1) is 13.2 Å². The molecule has 0 N–H and O–H groups in total. The summed E-state index contributed by atoms with van der Waals surface area (Å²) in [4.78, 5) is 22.7. The monoisotopic (exact) mass is 455 g/mol. The van der Waals surface area contributed by atoms with Gasteiger partial charge in [-0.25, -0.2) is 0 Å². The van der Waals surface area contributed by atoms with Crippen molar-refractivity contribution in [1.29, 1.82) is 0 Å².